The summed E-state index contributed by atoms with van der Waals surface area (Å²) in [5.74, 6) is 0.920. The van der Waals surface area contributed by atoms with Crippen LogP contribution in [0.1, 0.15) is 51.9 Å². The van der Waals surface area contributed by atoms with E-state index < -0.39 is 0 Å². The van der Waals surface area contributed by atoms with Crippen LogP contribution < -0.4 is 10.9 Å². The number of benzene rings is 1. The Labute approximate surface area is 163 Å². The van der Waals surface area contributed by atoms with Crippen molar-refractivity contribution in [3.05, 3.63) is 38.9 Å². The first-order chi connectivity index (χ1) is 12.5. The van der Waals surface area contributed by atoms with Gasteiger partial charge in [-0.25, -0.2) is 4.98 Å². The molecule has 1 saturated heterocycles. The average Bonchev–Trinajstić information content (AvgIpc) is 2.84. The molecular weight excluding hydrogens is 392 g/mol. The number of hydrogen-bond donors (Lipinski definition) is 1. The molecule has 0 saturated carbocycles. The van der Waals surface area contributed by atoms with Crippen LogP contribution in [0, 0.1) is 0 Å². The van der Waals surface area contributed by atoms with E-state index in [-0.39, 0.29) is 11.6 Å². The van der Waals surface area contributed by atoms with Gasteiger partial charge in [0.2, 0.25) is 0 Å². The average molecular weight is 421 g/mol. The first kappa shape index (κ1) is 19.5. The molecule has 1 aliphatic rings. The highest BCUT2D eigenvalue weighted by molar-refractivity contribution is 9.10. The highest BCUT2D eigenvalue weighted by Gasteiger charge is 2.27. The SMILES string of the molecule is CCC[C@H](c1nc2ccc(Br)cc2c(=O)n1CC)N1CCCNC(C)C1. The minimum absolute atomic E-state index is 0.0656. The molecule has 1 aliphatic heterocycles. The van der Waals surface area contributed by atoms with Crippen LogP contribution in [-0.4, -0.2) is 40.1 Å². The standard InChI is InChI=1S/C20H29BrN4O/c1-4-7-18(24-11-6-10-22-14(3)13-24)19-23-17-9-8-15(21)12-16(17)20(26)25(19)5-2/h8-9,12,14,18,22H,4-7,10-11,13H2,1-3H3/t14?,18-/m1/s1. The van der Waals surface area contributed by atoms with E-state index in [9.17, 15) is 4.79 Å². The Balaban J connectivity index is 2.12. The van der Waals surface area contributed by atoms with E-state index >= 15 is 0 Å². The van der Waals surface area contributed by atoms with Gasteiger partial charge in [-0.1, -0.05) is 29.3 Å². The van der Waals surface area contributed by atoms with Crippen molar-refractivity contribution in [1.29, 1.82) is 0 Å². The van der Waals surface area contributed by atoms with Crippen molar-refractivity contribution in [3.8, 4) is 0 Å². The quantitative estimate of drug-likeness (QED) is 0.800. The number of aromatic nitrogens is 2. The van der Waals surface area contributed by atoms with Gasteiger partial charge in [-0.05, 0) is 51.4 Å². The molecule has 0 bridgehead atoms. The van der Waals surface area contributed by atoms with Crippen molar-refractivity contribution in [2.24, 2.45) is 0 Å². The van der Waals surface area contributed by atoms with Crippen LogP contribution in [0.4, 0.5) is 0 Å². The number of halogens is 1. The van der Waals surface area contributed by atoms with E-state index in [2.05, 4.69) is 40.0 Å². The fourth-order valence-electron chi connectivity index (χ4n) is 3.94. The Morgan fingerprint density at radius 2 is 2.19 bits per heavy atom. The van der Waals surface area contributed by atoms with E-state index in [1.807, 2.05) is 29.7 Å². The second kappa shape index (κ2) is 8.63. The van der Waals surface area contributed by atoms with Gasteiger partial charge in [-0.15, -0.1) is 0 Å². The number of hydrogen-bond acceptors (Lipinski definition) is 4. The Morgan fingerprint density at radius 1 is 1.38 bits per heavy atom. The molecule has 3 rings (SSSR count). The number of nitrogens with one attached hydrogen (secondary N) is 1. The maximum absolute atomic E-state index is 13.1. The molecular formula is C20H29BrN4O. The summed E-state index contributed by atoms with van der Waals surface area (Å²) >= 11 is 3.47. The zero-order chi connectivity index (χ0) is 18.7. The van der Waals surface area contributed by atoms with Gasteiger partial charge in [0, 0.05) is 30.1 Å². The molecule has 142 valence electrons. The first-order valence-electron chi connectivity index (χ1n) is 9.72. The van der Waals surface area contributed by atoms with Crippen LogP contribution in [0.3, 0.4) is 0 Å². The molecule has 0 amide bonds. The summed E-state index contributed by atoms with van der Waals surface area (Å²) in [7, 11) is 0. The lowest BCUT2D eigenvalue weighted by Gasteiger charge is -2.32. The molecule has 1 fully saturated rings. The second-order valence-electron chi connectivity index (χ2n) is 7.19. The lowest BCUT2D eigenvalue weighted by atomic mass is 10.1. The van der Waals surface area contributed by atoms with Crippen LogP contribution >= 0.6 is 15.9 Å². The minimum Gasteiger partial charge on any atom is -0.313 e. The molecule has 0 radical (unpaired) electrons. The first-order valence-corrected chi connectivity index (χ1v) is 10.5. The molecule has 6 heteroatoms. The van der Waals surface area contributed by atoms with Gasteiger partial charge in [-0.3, -0.25) is 14.3 Å². The molecule has 1 aromatic heterocycles. The highest BCUT2D eigenvalue weighted by Crippen LogP contribution is 2.27. The fraction of sp³-hybridized carbons (Fsp3) is 0.600. The van der Waals surface area contributed by atoms with Crippen molar-refractivity contribution in [1.82, 2.24) is 19.8 Å². The molecule has 0 aliphatic carbocycles. The predicted octanol–water partition coefficient (Wildman–Crippen LogP) is 3.70. The zero-order valence-electron chi connectivity index (χ0n) is 16.0. The van der Waals surface area contributed by atoms with Crippen molar-refractivity contribution in [3.63, 3.8) is 0 Å². The number of rotatable bonds is 5. The monoisotopic (exact) mass is 420 g/mol. The summed E-state index contributed by atoms with van der Waals surface area (Å²) in [6.45, 7) is 10.2. The van der Waals surface area contributed by atoms with Gasteiger partial charge in [0.05, 0.1) is 16.9 Å². The van der Waals surface area contributed by atoms with Crippen molar-refractivity contribution in [2.45, 2.75) is 58.7 Å². The minimum atomic E-state index is 0.0656. The Hall–Kier alpha value is -1.24. The van der Waals surface area contributed by atoms with Crippen molar-refractivity contribution < 1.29 is 0 Å². The highest BCUT2D eigenvalue weighted by atomic mass is 79.9. The lowest BCUT2D eigenvalue weighted by Crippen LogP contribution is -2.40. The Kier molecular flexibility index (Phi) is 6.48. The van der Waals surface area contributed by atoms with Crippen LogP contribution in [0.2, 0.25) is 0 Å². The third-order valence-electron chi connectivity index (χ3n) is 5.19. The predicted molar refractivity (Wildman–Crippen MR) is 111 cm³/mol. The van der Waals surface area contributed by atoms with Gasteiger partial charge >= 0.3 is 0 Å². The van der Waals surface area contributed by atoms with Crippen LogP contribution in [0.25, 0.3) is 10.9 Å². The van der Waals surface area contributed by atoms with Gasteiger partial charge in [0.15, 0.2) is 0 Å². The van der Waals surface area contributed by atoms with E-state index in [1.54, 1.807) is 0 Å². The normalized spacial score (nSPS) is 20.2. The van der Waals surface area contributed by atoms with E-state index in [4.69, 9.17) is 4.98 Å². The Morgan fingerprint density at radius 3 is 2.92 bits per heavy atom. The van der Waals surface area contributed by atoms with Gasteiger partial charge in [0.1, 0.15) is 5.82 Å². The van der Waals surface area contributed by atoms with Crippen LogP contribution in [0.15, 0.2) is 27.5 Å². The molecule has 1 aromatic carbocycles. The largest absolute Gasteiger partial charge is 0.313 e. The van der Waals surface area contributed by atoms with Crippen molar-refractivity contribution >= 4 is 26.8 Å². The third kappa shape index (κ3) is 4.02. The smallest absolute Gasteiger partial charge is 0.261 e. The van der Waals surface area contributed by atoms with Gasteiger partial charge in [-0.2, -0.15) is 0 Å². The zero-order valence-corrected chi connectivity index (χ0v) is 17.6. The molecule has 0 spiro atoms. The lowest BCUT2D eigenvalue weighted by molar-refractivity contribution is 0.174. The van der Waals surface area contributed by atoms with E-state index in [1.165, 1.54) is 0 Å². The van der Waals surface area contributed by atoms with Gasteiger partial charge in [0.25, 0.3) is 5.56 Å². The maximum Gasteiger partial charge on any atom is 0.261 e. The molecule has 5 nitrogen and oxygen atoms in total. The molecule has 2 heterocycles. The summed E-state index contributed by atoms with van der Waals surface area (Å²) in [4.78, 5) is 20.6. The van der Waals surface area contributed by atoms with E-state index in [0.29, 0.717) is 18.0 Å². The van der Waals surface area contributed by atoms with Gasteiger partial charge < -0.3 is 5.32 Å². The second-order valence-corrected chi connectivity index (χ2v) is 8.10. The summed E-state index contributed by atoms with van der Waals surface area (Å²) in [5, 5.41) is 4.25. The summed E-state index contributed by atoms with van der Waals surface area (Å²) in [6, 6.07) is 6.42. The Bertz CT molecular complexity index is 819. The third-order valence-corrected chi connectivity index (χ3v) is 5.68. The fourth-order valence-corrected chi connectivity index (χ4v) is 4.30. The topological polar surface area (TPSA) is 50.2 Å². The molecule has 26 heavy (non-hydrogen) atoms. The summed E-state index contributed by atoms with van der Waals surface area (Å²) < 4.78 is 2.79. The summed E-state index contributed by atoms with van der Waals surface area (Å²) in [5.41, 5.74) is 0.857. The maximum atomic E-state index is 13.1. The summed E-state index contributed by atoms with van der Waals surface area (Å²) in [6.07, 6.45) is 3.21. The number of fused-ring (bicyclic) bond motifs is 1. The molecule has 2 atom stereocenters. The number of nitrogens with zero attached hydrogens (tertiary/aromatic N) is 3. The van der Waals surface area contributed by atoms with Crippen LogP contribution in [0.5, 0.6) is 0 Å². The molecule has 1 unspecified atom stereocenters. The molecule has 1 N–H and O–H groups in total. The molecule has 2 aromatic rings. The van der Waals surface area contributed by atoms with E-state index in [0.717, 1.165) is 54.7 Å². The van der Waals surface area contributed by atoms with Crippen LogP contribution in [-0.2, 0) is 6.54 Å². The van der Waals surface area contributed by atoms with Crippen molar-refractivity contribution in [2.75, 3.05) is 19.6 Å².